The molecule has 0 spiro atoms. The molecule has 8 heteroatoms. The number of hydrogen-bond acceptors (Lipinski definition) is 2. The second kappa shape index (κ2) is 6.87. The van der Waals surface area contributed by atoms with Crippen molar-refractivity contribution in [3.05, 3.63) is 35.1 Å². The smallest absolute Gasteiger partial charge is 0.314 e. The summed E-state index contributed by atoms with van der Waals surface area (Å²) < 4.78 is 77.3. The fourth-order valence-electron chi connectivity index (χ4n) is 2.61. The molecule has 1 aliphatic heterocycles. The van der Waals surface area contributed by atoms with E-state index < -0.39 is 36.4 Å². The largest absolute Gasteiger partial charge is 0.416 e. The van der Waals surface area contributed by atoms with Gasteiger partial charge in [0.15, 0.2) is 0 Å². The molecule has 0 aliphatic carbocycles. The van der Waals surface area contributed by atoms with Crippen LogP contribution in [-0.4, -0.2) is 37.5 Å². The second-order valence-electron chi connectivity index (χ2n) is 5.16. The zero-order valence-corrected chi connectivity index (χ0v) is 11.6. The quantitative estimate of drug-likeness (QED) is 0.853. The monoisotopic (exact) mass is 326 g/mol. The molecule has 22 heavy (non-hydrogen) atoms. The summed E-state index contributed by atoms with van der Waals surface area (Å²) in [4.78, 5) is 1.67. The highest BCUT2D eigenvalue weighted by molar-refractivity contribution is 5.29. The SMILES string of the molecule is Fc1cc(C(F)(F)F)ccc1[C@H](CC(F)F)N1CCNCC1. The lowest BCUT2D eigenvalue weighted by Gasteiger charge is -2.35. The number of halogens is 6. The molecular weight excluding hydrogens is 310 g/mol. The van der Waals surface area contributed by atoms with Gasteiger partial charge in [0.25, 0.3) is 0 Å². The number of nitrogens with zero attached hydrogens (tertiary/aromatic N) is 1. The molecule has 1 saturated heterocycles. The molecule has 0 amide bonds. The van der Waals surface area contributed by atoms with E-state index in [9.17, 15) is 26.3 Å². The maximum Gasteiger partial charge on any atom is 0.416 e. The minimum Gasteiger partial charge on any atom is -0.314 e. The lowest BCUT2D eigenvalue weighted by atomic mass is 9.99. The van der Waals surface area contributed by atoms with Crippen molar-refractivity contribution in [2.24, 2.45) is 0 Å². The molecule has 0 radical (unpaired) electrons. The van der Waals surface area contributed by atoms with E-state index in [1.54, 1.807) is 4.90 Å². The Labute approximate surface area is 124 Å². The zero-order chi connectivity index (χ0) is 16.3. The van der Waals surface area contributed by atoms with Crippen LogP contribution < -0.4 is 5.32 Å². The summed E-state index contributed by atoms with van der Waals surface area (Å²) >= 11 is 0. The van der Waals surface area contributed by atoms with E-state index in [0.717, 1.165) is 12.1 Å². The highest BCUT2D eigenvalue weighted by atomic mass is 19.4. The lowest BCUT2D eigenvalue weighted by Crippen LogP contribution is -2.45. The van der Waals surface area contributed by atoms with Crippen LogP contribution in [0, 0.1) is 5.82 Å². The van der Waals surface area contributed by atoms with Gasteiger partial charge < -0.3 is 5.32 Å². The molecule has 1 heterocycles. The van der Waals surface area contributed by atoms with Crippen molar-refractivity contribution < 1.29 is 26.3 Å². The summed E-state index contributed by atoms with van der Waals surface area (Å²) in [6, 6.07) is 1.15. The van der Waals surface area contributed by atoms with Crippen LogP contribution in [0.2, 0.25) is 0 Å². The van der Waals surface area contributed by atoms with Crippen molar-refractivity contribution in [2.75, 3.05) is 26.2 Å². The lowest BCUT2D eigenvalue weighted by molar-refractivity contribution is -0.137. The highest BCUT2D eigenvalue weighted by Gasteiger charge is 2.33. The van der Waals surface area contributed by atoms with Crippen molar-refractivity contribution in [3.8, 4) is 0 Å². The maximum absolute atomic E-state index is 14.0. The van der Waals surface area contributed by atoms with Crippen molar-refractivity contribution in [1.82, 2.24) is 10.2 Å². The zero-order valence-electron chi connectivity index (χ0n) is 11.6. The second-order valence-corrected chi connectivity index (χ2v) is 5.16. The summed E-state index contributed by atoms with van der Waals surface area (Å²) in [6.07, 6.45) is -7.93. The van der Waals surface area contributed by atoms with Crippen molar-refractivity contribution in [1.29, 1.82) is 0 Å². The fourth-order valence-corrected chi connectivity index (χ4v) is 2.61. The highest BCUT2D eigenvalue weighted by Crippen LogP contribution is 2.34. The normalized spacial score (nSPS) is 18.7. The molecule has 1 fully saturated rings. The van der Waals surface area contributed by atoms with Gasteiger partial charge in [0.05, 0.1) is 5.56 Å². The first kappa shape index (κ1) is 17.1. The molecule has 0 saturated carbocycles. The molecule has 1 N–H and O–H groups in total. The van der Waals surface area contributed by atoms with Crippen LogP contribution in [0.15, 0.2) is 18.2 Å². The summed E-state index contributed by atoms with van der Waals surface area (Å²) in [6.45, 7) is 2.03. The van der Waals surface area contributed by atoms with E-state index in [2.05, 4.69) is 5.32 Å². The fraction of sp³-hybridized carbons (Fsp3) is 0.571. The van der Waals surface area contributed by atoms with Gasteiger partial charge in [-0.05, 0) is 12.1 Å². The minimum absolute atomic E-state index is 0.116. The van der Waals surface area contributed by atoms with Gasteiger partial charge in [-0.3, -0.25) is 4.90 Å². The summed E-state index contributed by atoms with van der Waals surface area (Å²) in [5.41, 5.74) is -1.24. The van der Waals surface area contributed by atoms with Crippen molar-refractivity contribution in [2.45, 2.75) is 25.1 Å². The molecule has 2 rings (SSSR count). The third kappa shape index (κ3) is 4.13. The predicted octanol–water partition coefficient (Wildman–Crippen LogP) is 3.45. The number of piperazine rings is 1. The molecule has 1 aromatic rings. The Morgan fingerprint density at radius 2 is 1.77 bits per heavy atom. The van der Waals surface area contributed by atoms with Gasteiger partial charge in [-0.2, -0.15) is 13.2 Å². The molecule has 2 nitrogen and oxygen atoms in total. The molecular formula is C14H16F6N2. The molecule has 0 bridgehead atoms. The summed E-state index contributed by atoms with van der Waals surface area (Å²) in [5.74, 6) is -1.10. The number of rotatable bonds is 4. The van der Waals surface area contributed by atoms with E-state index in [1.165, 1.54) is 0 Å². The van der Waals surface area contributed by atoms with Crippen LogP contribution in [0.3, 0.4) is 0 Å². The Morgan fingerprint density at radius 1 is 1.14 bits per heavy atom. The minimum atomic E-state index is -4.66. The number of nitrogens with one attached hydrogen (secondary N) is 1. The standard InChI is InChI=1S/C14H16F6N2/c15-11-7-9(14(18,19)20)1-2-10(11)12(8-13(16)17)22-5-3-21-4-6-22/h1-2,7,12-13,21H,3-6,8H2/t12-/m0/s1. The number of hydrogen-bond donors (Lipinski definition) is 1. The van der Waals surface area contributed by atoms with Crippen molar-refractivity contribution in [3.63, 3.8) is 0 Å². The molecule has 124 valence electrons. The van der Waals surface area contributed by atoms with E-state index in [-0.39, 0.29) is 5.56 Å². The third-order valence-corrected chi connectivity index (χ3v) is 3.68. The van der Waals surface area contributed by atoms with Crippen LogP contribution in [0.1, 0.15) is 23.6 Å². The van der Waals surface area contributed by atoms with Crippen LogP contribution in [-0.2, 0) is 6.18 Å². The van der Waals surface area contributed by atoms with Gasteiger partial charge in [-0.15, -0.1) is 0 Å². The topological polar surface area (TPSA) is 15.3 Å². The van der Waals surface area contributed by atoms with Crippen LogP contribution in [0.5, 0.6) is 0 Å². The molecule has 1 atom stereocenters. The van der Waals surface area contributed by atoms with Gasteiger partial charge in [0, 0.05) is 44.2 Å². The molecule has 1 aliphatic rings. The molecule has 0 aromatic heterocycles. The van der Waals surface area contributed by atoms with Gasteiger partial charge >= 0.3 is 6.18 Å². The van der Waals surface area contributed by atoms with E-state index in [0.29, 0.717) is 32.2 Å². The first-order valence-corrected chi connectivity index (χ1v) is 6.88. The predicted molar refractivity (Wildman–Crippen MR) is 69.2 cm³/mol. The van der Waals surface area contributed by atoms with E-state index in [1.807, 2.05) is 0 Å². The number of alkyl halides is 5. The van der Waals surface area contributed by atoms with E-state index >= 15 is 0 Å². The first-order chi connectivity index (χ1) is 10.3. The third-order valence-electron chi connectivity index (χ3n) is 3.68. The summed E-state index contributed by atoms with van der Waals surface area (Å²) in [5, 5.41) is 3.05. The Kier molecular flexibility index (Phi) is 5.33. The Morgan fingerprint density at radius 3 is 2.27 bits per heavy atom. The maximum atomic E-state index is 14.0. The number of benzene rings is 1. The Balaban J connectivity index is 2.30. The Hall–Kier alpha value is -1.28. The first-order valence-electron chi connectivity index (χ1n) is 6.88. The van der Waals surface area contributed by atoms with Gasteiger partial charge in [0.1, 0.15) is 5.82 Å². The summed E-state index contributed by atoms with van der Waals surface area (Å²) in [7, 11) is 0. The van der Waals surface area contributed by atoms with Gasteiger partial charge in [0.2, 0.25) is 6.43 Å². The van der Waals surface area contributed by atoms with Crippen molar-refractivity contribution >= 4 is 0 Å². The Bertz CT molecular complexity index is 497. The van der Waals surface area contributed by atoms with Crippen LogP contribution in [0.25, 0.3) is 0 Å². The van der Waals surface area contributed by atoms with E-state index in [4.69, 9.17) is 0 Å². The van der Waals surface area contributed by atoms with Gasteiger partial charge in [-0.25, -0.2) is 13.2 Å². The average molecular weight is 326 g/mol. The van der Waals surface area contributed by atoms with Gasteiger partial charge in [-0.1, -0.05) is 6.07 Å². The van der Waals surface area contributed by atoms with Crippen LogP contribution in [0.4, 0.5) is 26.3 Å². The molecule has 1 aromatic carbocycles. The van der Waals surface area contributed by atoms with Crippen LogP contribution >= 0.6 is 0 Å². The molecule has 0 unspecified atom stereocenters. The average Bonchev–Trinajstić information content (AvgIpc) is 2.45.